The first-order valence-electron chi connectivity index (χ1n) is 12.1. The van der Waals surface area contributed by atoms with Gasteiger partial charge in [-0.05, 0) is 54.7 Å². The van der Waals surface area contributed by atoms with Crippen LogP contribution in [0, 0.1) is 0 Å². The summed E-state index contributed by atoms with van der Waals surface area (Å²) >= 11 is 0. The average molecular weight is 431 g/mol. The number of benzene rings is 3. The molecule has 174 valence electrons. The zero-order valence-electron chi connectivity index (χ0n) is 22.8. The van der Waals surface area contributed by atoms with Crippen LogP contribution in [0.4, 0.5) is 0 Å². The SMILES string of the molecule is CC(C)(C)c1ccc2cccc(C(C)(C)C)c2c1.CC(C)(C)c1cccc(C(C)(C)C)c1. The van der Waals surface area contributed by atoms with Crippen LogP contribution < -0.4 is 0 Å². The third kappa shape index (κ3) is 6.71. The second-order valence-corrected chi connectivity index (χ2v) is 13.3. The molecule has 0 radical (unpaired) electrons. The summed E-state index contributed by atoms with van der Waals surface area (Å²) in [5, 5.41) is 2.74. The molecule has 0 heteroatoms. The Morgan fingerprint density at radius 1 is 0.406 bits per heavy atom. The first-order chi connectivity index (χ1) is 14.4. The minimum Gasteiger partial charge on any atom is -0.0617 e. The van der Waals surface area contributed by atoms with E-state index in [9.17, 15) is 0 Å². The lowest BCUT2D eigenvalue weighted by Crippen LogP contribution is -2.15. The Kier molecular flexibility index (Phi) is 7.40. The Morgan fingerprint density at radius 2 is 0.844 bits per heavy atom. The number of fused-ring (bicyclic) bond motifs is 1. The molecule has 3 rings (SSSR count). The molecule has 0 saturated carbocycles. The van der Waals surface area contributed by atoms with Gasteiger partial charge in [0.2, 0.25) is 0 Å². The zero-order chi connectivity index (χ0) is 24.5. The first-order valence-corrected chi connectivity index (χ1v) is 12.1. The number of hydrogen-bond acceptors (Lipinski definition) is 0. The van der Waals surface area contributed by atoms with Gasteiger partial charge in [-0.2, -0.15) is 0 Å². The molecule has 3 aromatic rings. The largest absolute Gasteiger partial charge is 0.0617 e. The van der Waals surface area contributed by atoms with Gasteiger partial charge in [-0.3, -0.25) is 0 Å². The third-order valence-corrected chi connectivity index (χ3v) is 6.15. The van der Waals surface area contributed by atoms with E-state index in [0.717, 1.165) is 0 Å². The minimum atomic E-state index is 0.190. The first kappa shape index (κ1) is 26.2. The van der Waals surface area contributed by atoms with E-state index in [1.165, 1.54) is 33.0 Å². The monoisotopic (exact) mass is 430 g/mol. The fourth-order valence-electron chi connectivity index (χ4n) is 3.85. The summed E-state index contributed by atoms with van der Waals surface area (Å²) < 4.78 is 0. The standard InChI is InChI=1S/C18H24.C14H22/c1-17(2,3)14-11-10-13-8-7-9-16(15(13)12-14)18(4,5)6;1-13(2,3)11-8-7-9-12(10-11)14(4,5)6/h7-12H,1-6H3;7-10H,1-6H3. The van der Waals surface area contributed by atoms with Crippen molar-refractivity contribution < 1.29 is 0 Å². The van der Waals surface area contributed by atoms with Gasteiger partial charge in [0.25, 0.3) is 0 Å². The van der Waals surface area contributed by atoms with Crippen molar-refractivity contribution in [2.24, 2.45) is 0 Å². The lowest BCUT2D eigenvalue weighted by Gasteiger charge is -2.24. The van der Waals surface area contributed by atoms with Crippen molar-refractivity contribution in [3.05, 3.63) is 82.9 Å². The molecule has 0 amide bonds. The van der Waals surface area contributed by atoms with Crippen LogP contribution in [0.3, 0.4) is 0 Å². The van der Waals surface area contributed by atoms with Crippen LogP contribution >= 0.6 is 0 Å². The van der Waals surface area contributed by atoms with Crippen LogP contribution in [-0.2, 0) is 21.7 Å². The molecule has 0 fully saturated rings. The Bertz CT molecular complexity index is 1010. The molecule has 0 aliphatic heterocycles. The third-order valence-electron chi connectivity index (χ3n) is 6.15. The summed E-state index contributed by atoms with van der Waals surface area (Å²) in [7, 11) is 0. The van der Waals surface area contributed by atoms with Gasteiger partial charge in [-0.15, -0.1) is 0 Å². The van der Waals surface area contributed by atoms with E-state index in [1.807, 2.05) is 0 Å². The topological polar surface area (TPSA) is 0 Å². The molecule has 0 N–H and O–H groups in total. The summed E-state index contributed by atoms with van der Waals surface area (Å²) in [6.45, 7) is 27.2. The summed E-state index contributed by atoms with van der Waals surface area (Å²) in [6.07, 6.45) is 0. The summed E-state index contributed by atoms with van der Waals surface area (Å²) in [5.74, 6) is 0. The highest BCUT2D eigenvalue weighted by molar-refractivity contribution is 5.87. The van der Waals surface area contributed by atoms with Gasteiger partial charge >= 0.3 is 0 Å². The molecule has 0 unspecified atom stereocenters. The number of rotatable bonds is 0. The molecule has 0 atom stereocenters. The Morgan fingerprint density at radius 3 is 1.28 bits per heavy atom. The molecule has 0 bridgehead atoms. The van der Waals surface area contributed by atoms with Crippen molar-refractivity contribution in [2.75, 3.05) is 0 Å². The molecule has 3 aromatic carbocycles. The maximum atomic E-state index is 2.37. The van der Waals surface area contributed by atoms with E-state index >= 15 is 0 Å². The van der Waals surface area contributed by atoms with Crippen molar-refractivity contribution in [1.29, 1.82) is 0 Å². The molecule has 0 aromatic heterocycles. The average Bonchev–Trinajstić information content (AvgIpc) is 2.65. The molecular formula is C32H46. The summed E-state index contributed by atoms with van der Waals surface area (Å²) in [6, 6.07) is 22.5. The molecule has 0 aliphatic carbocycles. The van der Waals surface area contributed by atoms with Gasteiger partial charge in [0.05, 0.1) is 0 Å². The van der Waals surface area contributed by atoms with Crippen LogP contribution in [0.25, 0.3) is 10.8 Å². The lowest BCUT2D eigenvalue weighted by molar-refractivity contribution is 0.568. The Labute approximate surface area is 198 Å². The molecular weight excluding hydrogens is 384 g/mol. The van der Waals surface area contributed by atoms with E-state index in [1.54, 1.807) is 0 Å². The van der Waals surface area contributed by atoms with E-state index in [4.69, 9.17) is 0 Å². The predicted molar refractivity (Wildman–Crippen MR) is 145 cm³/mol. The highest BCUT2D eigenvalue weighted by Gasteiger charge is 2.20. The van der Waals surface area contributed by atoms with Crippen LogP contribution in [0.2, 0.25) is 0 Å². The number of hydrogen-bond donors (Lipinski definition) is 0. The van der Waals surface area contributed by atoms with E-state index < -0.39 is 0 Å². The predicted octanol–water partition coefficient (Wildman–Crippen LogP) is 9.72. The van der Waals surface area contributed by atoms with Crippen LogP contribution in [0.1, 0.15) is 105 Å². The molecule has 32 heavy (non-hydrogen) atoms. The Balaban J connectivity index is 0.000000235. The van der Waals surface area contributed by atoms with Crippen LogP contribution in [0.5, 0.6) is 0 Å². The maximum absolute atomic E-state index is 2.37. The van der Waals surface area contributed by atoms with Crippen molar-refractivity contribution in [2.45, 2.75) is 105 Å². The zero-order valence-corrected chi connectivity index (χ0v) is 22.8. The molecule has 0 nitrogen and oxygen atoms in total. The molecule has 0 aliphatic rings. The van der Waals surface area contributed by atoms with E-state index in [-0.39, 0.29) is 21.7 Å². The van der Waals surface area contributed by atoms with E-state index in [2.05, 4.69) is 144 Å². The fourth-order valence-corrected chi connectivity index (χ4v) is 3.85. The summed E-state index contributed by atoms with van der Waals surface area (Å²) in [5.41, 5.74) is 6.59. The van der Waals surface area contributed by atoms with E-state index in [0.29, 0.717) is 0 Å². The Hall–Kier alpha value is -2.08. The second kappa shape index (κ2) is 9.05. The molecule has 0 heterocycles. The van der Waals surface area contributed by atoms with Crippen molar-refractivity contribution in [3.63, 3.8) is 0 Å². The fraction of sp³-hybridized carbons (Fsp3) is 0.500. The normalized spacial score (nSPS) is 13.0. The van der Waals surface area contributed by atoms with Gasteiger partial charge in [0.15, 0.2) is 0 Å². The van der Waals surface area contributed by atoms with Gasteiger partial charge in [-0.25, -0.2) is 0 Å². The highest BCUT2D eigenvalue weighted by atomic mass is 14.2. The van der Waals surface area contributed by atoms with Crippen LogP contribution in [0.15, 0.2) is 60.7 Å². The van der Waals surface area contributed by atoms with Gasteiger partial charge in [0.1, 0.15) is 0 Å². The van der Waals surface area contributed by atoms with Gasteiger partial charge in [0, 0.05) is 0 Å². The maximum Gasteiger partial charge on any atom is -0.0126 e. The highest BCUT2D eigenvalue weighted by Crippen LogP contribution is 2.33. The quantitative estimate of drug-likeness (QED) is 0.333. The minimum absolute atomic E-state index is 0.190. The van der Waals surface area contributed by atoms with Gasteiger partial charge in [-0.1, -0.05) is 144 Å². The lowest BCUT2D eigenvalue weighted by atomic mass is 9.80. The van der Waals surface area contributed by atoms with Crippen molar-refractivity contribution >= 4 is 10.8 Å². The van der Waals surface area contributed by atoms with Crippen molar-refractivity contribution in [1.82, 2.24) is 0 Å². The molecule has 0 spiro atoms. The van der Waals surface area contributed by atoms with Crippen LogP contribution in [-0.4, -0.2) is 0 Å². The smallest absolute Gasteiger partial charge is 0.0126 e. The van der Waals surface area contributed by atoms with Gasteiger partial charge < -0.3 is 0 Å². The summed E-state index contributed by atoms with van der Waals surface area (Å²) in [4.78, 5) is 0. The van der Waals surface area contributed by atoms with Crippen molar-refractivity contribution in [3.8, 4) is 0 Å². The molecule has 0 saturated heterocycles. The second-order valence-electron chi connectivity index (χ2n) is 13.3.